The van der Waals surface area contributed by atoms with Crippen molar-refractivity contribution in [1.82, 2.24) is 9.80 Å². The number of likely N-dealkylation sites (tertiary alicyclic amines) is 1. The van der Waals surface area contributed by atoms with Gasteiger partial charge in [0.05, 0.1) is 12.5 Å². The zero-order valence-electron chi connectivity index (χ0n) is 14.9. The molecule has 1 unspecified atom stereocenters. The van der Waals surface area contributed by atoms with Crippen LogP contribution in [0.15, 0.2) is 24.3 Å². The van der Waals surface area contributed by atoms with Gasteiger partial charge in [0.25, 0.3) is 5.91 Å². The Bertz CT molecular complexity index is 627. The van der Waals surface area contributed by atoms with Crippen LogP contribution in [0.5, 0.6) is 0 Å². The number of rotatable bonds is 6. The van der Waals surface area contributed by atoms with Crippen molar-refractivity contribution < 1.29 is 19.5 Å². The lowest BCUT2D eigenvalue weighted by molar-refractivity contribution is -0.145. The molecule has 0 bridgehead atoms. The third kappa shape index (κ3) is 5.05. The molecule has 1 fully saturated rings. The second kappa shape index (κ2) is 8.65. The van der Waals surface area contributed by atoms with E-state index in [1.54, 1.807) is 24.1 Å². The monoisotopic (exact) mass is 346 g/mol. The summed E-state index contributed by atoms with van der Waals surface area (Å²) in [6.45, 7) is 2.84. The molecular formula is C19H26N2O4. The predicted molar refractivity (Wildman–Crippen MR) is 94.3 cm³/mol. The molecule has 1 heterocycles. The summed E-state index contributed by atoms with van der Waals surface area (Å²) in [6.07, 6.45) is 3.30. The minimum absolute atomic E-state index is 0.0398. The van der Waals surface area contributed by atoms with Crippen molar-refractivity contribution in [2.24, 2.45) is 5.92 Å². The maximum Gasteiger partial charge on any atom is 0.308 e. The molecule has 25 heavy (non-hydrogen) atoms. The summed E-state index contributed by atoms with van der Waals surface area (Å²) in [7, 11) is 1.60. The topological polar surface area (TPSA) is 77.9 Å². The summed E-state index contributed by atoms with van der Waals surface area (Å²) in [5.41, 5.74) is 1.74. The molecule has 1 aliphatic rings. The molecule has 0 spiro atoms. The Morgan fingerprint density at radius 2 is 1.92 bits per heavy atom. The lowest BCUT2D eigenvalue weighted by Gasteiger charge is -2.32. The number of nitrogens with zero attached hydrogens (tertiary/aromatic N) is 2. The van der Waals surface area contributed by atoms with Crippen LogP contribution in [0.3, 0.4) is 0 Å². The van der Waals surface area contributed by atoms with Gasteiger partial charge in [-0.25, -0.2) is 0 Å². The Labute approximate surface area is 148 Å². The van der Waals surface area contributed by atoms with E-state index in [1.165, 1.54) is 10.5 Å². The van der Waals surface area contributed by atoms with Crippen LogP contribution in [0.25, 0.3) is 0 Å². The number of aliphatic carboxylic acids is 1. The van der Waals surface area contributed by atoms with Crippen molar-refractivity contribution in [3.63, 3.8) is 0 Å². The number of hydrogen-bond acceptors (Lipinski definition) is 3. The summed E-state index contributed by atoms with van der Waals surface area (Å²) < 4.78 is 0. The third-order valence-electron chi connectivity index (χ3n) is 4.58. The van der Waals surface area contributed by atoms with Crippen molar-refractivity contribution in [3.05, 3.63) is 35.4 Å². The number of benzene rings is 1. The van der Waals surface area contributed by atoms with Gasteiger partial charge in [-0.3, -0.25) is 14.4 Å². The van der Waals surface area contributed by atoms with Crippen molar-refractivity contribution in [3.8, 4) is 0 Å². The normalized spacial score (nSPS) is 17.2. The van der Waals surface area contributed by atoms with Gasteiger partial charge >= 0.3 is 5.97 Å². The van der Waals surface area contributed by atoms with E-state index in [0.29, 0.717) is 24.9 Å². The van der Waals surface area contributed by atoms with E-state index in [4.69, 9.17) is 5.11 Å². The number of likely N-dealkylation sites (N-methyl/N-ethyl adjacent to an activating group) is 1. The van der Waals surface area contributed by atoms with Crippen LogP contribution in [-0.4, -0.2) is 59.4 Å². The van der Waals surface area contributed by atoms with Gasteiger partial charge in [0, 0.05) is 25.7 Å². The molecule has 6 nitrogen and oxygen atoms in total. The van der Waals surface area contributed by atoms with Gasteiger partial charge in [0.2, 0.25) is 5.91 Å². The fourth-order valence-electron chi connectivity index (χ4n) is 3.10. The van der Waals surface area contributed by atoms with E-state index < -0.39 is 11.9 Å². The van der Waals surface area contributed by atoms with Crippen LogP contribution in [0.2, 0.25) is 0 Å². The molecule has 1 atom stereocenters. The van der Waals surface area contributed by atoms with E-state index in [1.807, 2.05) is 12.1 Å². The first kappa shape index (κ1) is 19.0. The van der Waals surface area contributed by atoms with Crippen LogP contribution in [0.1, 0.15) is 42.1 Å². The third-order valence-corrected chi connectivity index (χ3v) is 4.58. The minimum Gasteiger partial charge on any atom is -0.481 e. The number of piperidine rings is 1. The average molecular weight is 346 g/mol. The minimum atomic E-state index is -0.867. The first-order chi connectivity index (χ1) is 11.9. The van der Waals surface area contributed by atoms with E-state index in [0.717, 1.165) is 12.8 Å². The molecule has 2 rings (SSSR count). The Balaban J connectivity index is 1.93. The van der Waals surface area contributed by atoms with Gasteiger partial charge in [-0.2, -0.15) is 0 Å². The van der Waals surface area contributed by atoms with E-state index in [2.05, 4.69) is 6.92 Å². The predicted octanol–water partition coefficient (Wildman–Crippen LogP) is 2.03. The second-order valence-corrected chi connectivity index (χ2v) is 6.63. The highest BCUT2D eigenvalue weighted by Crippen LogP contribution is 2.17. The fourth-order valence-corrected chi connectivity index (χ4v) is 3.10. The Kier molecular flexibility index (Phi) is 6.56. The Hall–Kier alpha value is -2.37. The van der Waals surface area contributed by atoms with E-state index in [-0.39, 0.29) is 24.9 Å². The van der Waals surface area contributed by atoms with Gasteiger partial charge in [-0.1, -0.05) is 25.5 Å². The van der Waals surface area contributed by atoms with Crippen LogP contribution in [0.4, 0.5) is 0 Å². The number of carbonyl (C=O) groups is 3. The molecule has 0 radical (unpaired) electrons. The molecule has 0 aromatic heterocycles. The lowest BCUT2D eigenvalue weighted by Crippen LogP contribution is -2.46. The smallest absolute Gasteiger partial charge is 0.308 e. The summed E-state index contributed by atoms with van der Waals surface area (Å²) in [4.78, 5) is 38.9. The number of aryl methyl sites for hydroxylation is 1. The number of amides is 2. The van der Waals surface area contributed by atoms with Crippen molar-refractivity contribution in [2.75, 3.05) is 26.7 Å². The largest absolute Gasteiger partial charge is 0.481 e. The Morgan fingerprint density at radius 3 is 2.52 bits per heavy atom. The molecule has 2 amide bonds. The summed E-state index contributed by atoms with van der Waals surface area (Å²) in [5.74, 6) is -1.79. The number of carboxylic acid groups (broad SMARTS) is 1. The quantitative estimate of drug-likeness (QED) is 0.855. The van der Waals surface area contributed by atoms with Crippen LogP contribution in [-0.2, 0) is 16.0 Å². The first-order valence-electron chi connectivity index (χ1n) is 8.77. The first-order valence-corrected chi connectivity index (χ1v) is 8.77. The molecule has 136 valence electrons. The van der Waals surface area contributed by atoms with Crippen LogP contribution in [0, 0.1) is 5.92 Å². The maximum atomic E-state index is 12.5. The highest BCUT2D eigenvalue weighted by Gasteiger charge is 2.29. The van der Waals surface area contributed by atoms with Gasteiger partial charge in [0.1, 0.15) is 0 Å². The van der Waals surface area contributed by atoms with E-state index in [9.17, 15) is 14.4 Å². The number of hydrogen-bond donors (Lipinski definition) is 1. The number of carbonyl (C=O) groups excluding carboxylic acids is 2. The molecular weight excluding hydrogens is 320 g/mol. The molecule has 1 N–H and O–H groups in total. The Morgan fingerprint density at radius 1 is 1.24 bits per heavy atom. The molecule has 1 aliphatic heterocycles. The molecule has 1 aromatic carbocycles. The average Bonchev–Trinajstić information content (AvgIpc) is 2.62. The zero-order chi connectivity index (χ0) is 18.4. The summed E-state index contributed by atoms with van der Waals surface area (Å²) >= 11 is 0. The fraction of sp³-hybridized carbons (Fsp3) is 0.526. The highest BCUT2D eigenvalue weighted by molar-refractivity contribution is 5.96. The van der Waals surface area contributed by atoms with Crippen LogP contribution >= 0.6 is 0 Å². The van der Waals surface area contributed by atoms with Gasteiger partial charge < -0.3 is 14.9 Å². The lowest BCUT2D eigenvalue weighted by atomic mass is 9.98. The van der Waals surface area contributed by atoms with Crippen molar-refractivity contribution in [2.45, 2.75) is 32.6 Å². The molecule has 1 aromatic rings. The summed E-state index contributed by atoms with van der Waals surface area (Å²) in [5, 5.41) is 9.11. The number of carboxylic acids is 1. The molecule has 6 heteroatoms. The molecule has 1 saturated heterocycles. The molecule has 0 aliphatic carbocycles. The van der Waals surface area contributed by atoms with Crippen molar-refractivity contribution >= 4 is 17.8 Å². The standard InChI is InChI=1S/C19H26N2O4/c1-3-5-14-7-9-15(10-8-14)18(23)20(2)13-17(22)21-11-4-6-16(12-21)19(24)25/h7-10,16H,3-6,11-13H2,1-2H3,(H,24,25). The second-order valence-electron chi connectivity index (χ2n) is 6.63. The van der Waals surface area contributed by atoms with Gasteiger partial charge in [-0.15, -0.1) is 0 Å². The SMILES string of the molecule is CCCc1ccc(C(=O)N(C)CC(=O)N2CCCC(C(=O)O)C2)cc1. The molecule has 0 saturated carbocycles. The highest BCUT2D eigenvalue weighted by atomic mass is 16.4. The van der Waals surface area contributed by atoms with Gasteiger partial charge in [0.15, 0.2) is 0 Å². The van der Waals surface area contributed by atoms with Crippen LogP contribution < -0.4 is 0 Å². The summed E-state index contributed by atoms with van der Waals surface area (Å²) in [6, 6.07) is 7.45. The maximum absolute atomic E-state index is 12.5. The van der Waals surface area contributed by atoms with Gasteiger partial charge in [-0.05, 0) is 37.0 Å². The van der Waals surface area contributed by atoms with E-state index >= 15 is 0 Å². The zero-order valence-corrected chi connectivity index (χ0v) is 14.9. The van der Waals surface area contributed by atoms with Crippen molar-refractivity contribution in [1.29, 1.82) is 0 Å².